The fraction of sp³-hybridized carbons (Fsp3) is 0.467. The van der Waals surface area contributed by atoms with Crippen LogP contribution in [0.2, 0.25) is 5.02 Å². The minimum Gasteiger partial charge on any atom is -0.393 e. The molecule has 5 nitrogen and oxygen atoms in total. The summed E-state index contributed by atoms with van der Waals surface area (Å²) < 4.78 is 13.3. The topological polar surface area (TPSA) is 69.6 Å². The molecule has 0 spiro atoms. The Bertz CT molecular complexity index is 560. The van der Waals surface area contributed by atoms with Gasteiger partial charge in [-0.2, -0.15) is 0 Å². The molecule has 0 atom stereocenters. The summed E-state index contributed by atoms with van der Waals surface area (Å²) in [6, 6.07) is 3.99. The SMILES string of the molecule is O=C(CCC(=O)N1CCC(O)CC1)Nc1ccc(Cl)c(F)c1. The molecule has 0 radical (unpaired) electrons. The molecule has 7 heteroatoms. The molecule has 2 amide bonds. The predicted molar refractivity (Wildman–Crippen MR) is 81.1 cm³/mol. The number of amides is 2. The number of benzene rings is 1. The van der Waals surface area contributed by atoms with E-state index in [4.69, 9.17) is 11.6 Å². The number of nitrogens with one attached hydrogen (secondary N) is 1. The van der Waals surface area contributed by atoms with Crippen molar-refractivity contribution in [3.05, 3.63) is 29.0 Å². The number of anilines is 1. The maximum atomic E-state index is 13.3. The van der Waals surface area contributed by atoms with Gasteiger partial charge in [0.05, 0.1) is 11.1 Å². The Hall–Kier alpha value is -1.66. The molecule has 1 saturated heterocycles. The summed E-state index contributed by atoms with van der Waals surface area (Å²) >= 11 is 5.56. The van der Waals surface area contributed by atoms with Crippen molar-refractivity contribution in [3.63, 3.8) is 0 Å². The number of rotatable bonds is 4. The molecule has 2 rings (SSSR count). The van der Waals surface area contributed by atoms with E-state index >= 15 is 0 Å². The first-order chi connectivity index (χ1) is 10.5. The highest BCUT2D eigenvalue weighted by atomic mass is 35.5. The summed E-state index contributed by atoms with van der Waals surface area (Å²) in [4.78, 5) is 25.4. The van der Waals surface area contributed by atoms with E-state index in [1.54, 1.807) is 4.90 Å². The van der Waals surface area contributed by atoms with Crippen molar-refractivity contribution in [2.45, 2.75) is 31.8 Å². The minimum absolute atomic E-state index is 0.0135. The zero-order valence-electron chi connectivity index (χ0n) is 12.0. The highest BCUT2D eigenvalue weighted by Crippen LogP contribution is 2.19. The second-order valence-corrected chi connectivity index (χ2v) is 5.70. The number of likely N-dealkylation sites (tertiary alicyclic amines) is 1. The summed E-state index contributed by atoms with van der Waals surface area (Å²) in [5.41, 5.74) is 0.306. The van der Waals surface area contributed by atoms with Gasteiger partial charge in [-0.25, -0.2) is 4.39 Å². The van der Waals surface area contributed by atoms with E-state index in [9.17, 15) is 19.1 Å². The molecule has 1 fully saturated rings. The Balaban J connectivity index is 1.77. The van der Waals surface area contributed by atoms with Crippen LogP contribution in [0.4, 0.5) is 10.1 Å². The van der Waals surface area contributed by atoms with E-state index in [-0.39, 0.29) is 35.8 Å². The maximum absolute atomic E-state index is 13.3. The molecule has 0 aromatic heterocycles. The number of hydrogen-bond acceptors (Lipinski definition) is 3. The van der Waals surface area contributed by atoms with E-state index in [1.165, 1.54) is 12.1 Å². The number of carbonyl (C=O) groups is 2. The molecule has 0 aliphatic carbocycles. The summed E-state index contributed by atoms with van der Waals surface area (Å²) in [5.74, 6) is -1.07. The maximum Gasteiger partial charge on any atom is 0.224 e. The van der Waals surface area contributed by atoms with Crippen molar-refractivity contribution in [2.75, 3.05) is 18.4 Å². The zero-order valence-corrected chi connectivity index (χ0v) is 12.8. The number of piperidine rings is 1. The minimum atomic E-state index is -0.609. The standard InChI is InChI=1S/C15H18ClFN2O3/c16-12-2-1-10(9-13(12)17)18-14(21)3-4-15(22)19-7-5-11(20)6-8-19/h1-2,9,11,20H,3-8H2,(H,18,21). The van der Waals surface area contributed by atoms with Gasteiger partial charge in [-0.05, 0) is 31.0 Å². The van der Waals surface area contributed by atoms with Gasteiger partial charge in [0.15, 0.2) is 0 Å². The highest BCUT2D eigenvalue weighted by molar-refractivity contribution is 6.30. The molecule has 2 N–H and O–H groups in total. The molecule has 1 aliphatic rings. The van der Waals surface area contributed by atoms with Gasteiger partial charge >= 0.3 is 0 Å². The van der Waals surface area contributed by atoms with E-state index in [1.807, 2.05) is 0 Å². The number of carbonyl (C=O) groups excluding carboxylic acids is 2. The monoisotopic (exact) mass is 328 g/mol. The Morgan fingerprint density at radius 1 is 1.32 bits per heavy atom. The fourth-order valence-electron chi connectivity index (χ4n) is 2.29. The van der Waals surface area contributed by atoms with Crippen molar-refractivity contribution in [1.29, 1.82) is 0 Å². The summed E-state index contributed by atoms with van der Waals surface area (Å²) in [6.07, 6.45) is 0.927. The van der Waals surface area contributed by atoms with Gasteiger partial charge in [-0.3, -0.25) is 9.59 Å². The second kappa shape index (κ2) is 7.56. The van der Waals surface area contributed by atoms with Crippen LogP contribution in [0.25, 0.3) is 0 Å². The second-order valence-electron chi connectivity index (χ2n) is 5.29. The Morgan fingerprint density at radius 2 is 2.00 bits per heavy atom. The molecule has 1 aliphatic heterocycles. The third-order valence-electron chi connectivity index (χ3n) is 3.59. The first kappa shape index (κ1) is 16.7. The summed E-state index contributed by atoms with van der Waals surface area (Å²) in [7, 11) is 0. The summed E-state index contributed by atoms with van der Waals surface area (Å²) in [5, 5.41) is 11.9. The predicted octanol–water partition coefficient (Wildman–Crippen LogP) is 2.18. The lowest BCUT2D eigenvalue weighted by molar-refractivity contribution is -0.134. The van der Waals surface area contributed by atoms with Crippen molar-refractivity contribution < 1.29 is 19.1 Å². The molecule has 1 heterocycles. The third-order valence-corrected chi connectivity index (χ3v) is 3.89. The number of nitrogens with zero attached hydrogens (tertiary/aromatic N) is 1. The number of hydrogen-bond donors (Lipinski definition) is 2. The Morgan fingerprint density at radius 3 is 2.64 bits per heavy atom. The highest BCUT2D eigenvalue weighted by Gasteiger charge is 2.21. The van der Waals surface area contributed by atoms with Crippen LogP contribution in [0.5, 0.6) is 0 Å². The first-order valence-electron chi connectivity index (χ1n) is 7.16. The number of aliphatic hydroxyl groups excluding tert-OH is 1. The van der Waals surface area contributed by atoms with Gasteiger partial charge in [0, 0.05) is 31.6 Å². The lowest BCUT2D eigenvalue weighted by Gasteiger charge is -2.29. The largest absolute Gasteiger partial charge is 0.393 e. The van der Waals surface area contributed by atoms with Crippen LogP contribution < -0.4 is 5.32 Å². The van der Waals surface area contributed by atoms with Crippen LogP contribution in [-0.2, 0) is 9.59 Å². The van der Waals surface area contributed by atoms with Crippen molar-refractivity contribution >= 4 is 29.1 Å². The van der Waals surface area contributed by atoms with Gasteiger partial charge < -0.3 is 15.3 Å². The van der Waals surface area contributed by atoms with Gasteiger partial charge in [-0.1, -0.05) is 11.6 Å². The van der Waals surface area contributed by atoms with E-state index < -0.39 is 5.82 Å². The molecule has 22 heavy (non-hydrogen) atoms. The zero-order chi connectivity index (χ0) is 16.1. The van der Waals surface area contributed by atoms with Gasteiger partial charge in [0.25, 0.3) is 0 Å². The Kier molecular flexibility index (Phi) is 5.74. The molecule has 0 saturated carbocycles. The lowest BCUT2D eigenvalue weighted by Crippen LogP contribution is -2.40. The van der Waals surface area contributed by atoms with Crippen LogP contribution >= 0.6 is 11.6 Å². The van der Waals surface area contributed by atoms with Gasteiger partial charge in [-0.15, -0.1) is 0 Å². The summed E-state index contributed by atoms with van der Waals surface area (Å²) in [6.45, 7) is 1.04. The molecule has 0 unspecified atom stereocenters. The van der Waals surface area contributed by atoms with E-state index in [0.717, 1.165) is 6.07 Å². The fourth-order valence-corrected chi connectivity index (χ4v) is 2.41. The molecule has 0 bridgehead atoms. The van der Waals surface area contributed by atoms with Crippen molar-refractivity contribution in [3.8, 4) is 0 Å². The van der Waals surface area contributed by atoms with E-state index in [2.05, 4.69) is 5.32 Å². The third kappa shape index (κ3) is 4.68. The van der Waals surface area contributed by atoms with Crippen molar-refractivity contribution in [2.24, 2.45) is 0 Å². The molecule has 1 aromatic carbocycles. The molecular formula is C15H18ClFN2O3. The molecular weight excluding hydrogens is 311 g/mol. The van der Waals surface area contributed by atoms with E-state index in [0.29, 0.717) is 31.6 Å². The van der Waals surface area contributed by atoms with Crippen LogP contribution in [-0.4, -0.2) is 41.0 Å². The average Bonchev–Trinajstić information content (AvgIpc) is 2.49. The van der Waals surface area contributed by atoms with Gasteiger partial charge in [0.2, 0.25) is 11.8 Å². The number of halogens is 2. The average molecular weight is 329 g/mol. The Labute approximate surface area is 133 Å². The van der Waals surface area contributed by atoms with Crippen molar-refractivity contribution in [1.82, 2.24) is 4.90 Å². The normalized spacial score (nSPS) is 15.7. The number of aliphatic hydroxyl groups is 1. The lowest BCUT2D eigenvalue weighted by atomic mass is 10.1. The van der Waals surface area contributed by atoms with Crippen LogP contribution in [0.1, 0.15) is 25.7 Å². The first-order valence-corrected chi connectivity index (χ1v) is 7.54. The van der Waals surface area contributed by atoms with Crippen LogP contribution in [0.15, 0.2) is 18.2 Å². The van der Waals surface area contributed by atoms with Crippen LogP contribution in [0, 0.1) is 5.82 Å². The quantitative estimate of drug-likeness (QED) is 0.890. The van der Waals surface area contributed by atoms with Crippen LogP contribution in [0.3, 0.4) is 0 Å². The molecule has 120 valence electrons. The van der Waals surface area contributed by atoms with Gasteiger partial charge in [0.1, 0.15) is 5.82 Å². The molecule has 1 aromatic rings. The smallest absolute Gasteiger partial charge is 0.224 e.